The van der Waals surface area contributed by atoms with Gasteiger partial charge in [-0.05, 0) is 6.42 Å². The zero-order valence-corrected chi connectivity index (χ0v) is 13.1. The Morgan fingerprint density at radius 1 is 1.29 bits per heavy atom. The van der Waals surface area contributed by atoms with Gasteiger partial charge in [-0.2, -0.15) is 0 Å². The lowest BCUT2D eigenvalue weighted by Crippen LogP contribution is -2.38. The van der Waals surface area contributed by atoms with Crippen LogP contribution in [0.3, 0.4) is 0 Å². The van der Waals surface area contributed by atoms with Gasteiger partial charge < -0.3 is 25.3 Å². The van der Waals surface area contributed by atoms with Crippen LogP contribution in [0.25, 0.3) is 0 Å². The van der Waals surface area contributed by atoms with Gasteiger partial charge in [0.15, 0.2) is 11.7 Å². The van der Waals surface area contributed by atoms with E-state index in [2.05, 4.69) is 17.2 Å². The van der Waals surface area contributed by atoms with Crippen molar-refractivity contribution >= 4 is 5.96 Å². The van der Waals surface area contributed by atoms with Crippen LogP contribution in [0.5, 0.6) is 0 Å². The first kappa shape index (κ1) is 16.5. The molecule has 0 aliphatic carbocycles. The van der Waals surface area contributed by atoms with Gasteiger partial charge in [-0.3, -0.25) is 4.99 Å². The van der Waals surface area contributed by atoms with Crippen molar-refractivity contribution in [3.63, 3.8) is 0 Å². The van der Waals surface area contributed by atoms with Gasteiger partial charge in [0, 0.05) is 19.4 Å². The van der Waals surface area contributed by atoms with Crippen molar-refractivity contribution in [1.29, 1.82) is 0 Å². The SMILES string of the molecule is CCCCCCNC(N)=NCC1COC2(CCOCC2)O1. The minimum atomic E-state index is -0.430. The van der Waals surface area contributed by atoms with Gasteiger partial charge in [0.25, 0.3) is 0 Å². The molecule has 2 rings (SSSR count). The van der Waals surface area contributed by atoms with E-state index < -0.39 is 5.79 Å². The summed E-state index contributed by atoms with van der Waals surface area (Å²) in [4.78, 5) is 4.35. The van der Waals surface area contributed by atoms with Crippen molar-refractivity contribution in [3.8, 4) is 0 Å². The van der Waals surface area contributed by atoms with Crippen LogP contribution >= 0.6 is 0 Å². The number of hydrogen-bond donors (Lipinski definition) is 2. The summed E-state index contributed by atoms with van der Waals surface area (Å²) in [5, 5.41) is 3.15. The largest absolute Gasteiger partial charge is 0.381 e. The number of nitrogens with two attached hydrogens (primary N) is 1. The standard InChI is InChI=1S/C15H29N3O3/c1-2-3-4-5-8-17-14(16)18-11-13-12-20-15(21-13)6-9-19-10-7-15/h13H,2-12H2,1H3,(H3,16,17,18). The van der Waals surface area contributed by atoms with E-state index in [1.807, 2.05) is 0 Å². The fourth-order valence-electron chi connectivity index (χ4n) is 2.68. The molecule has 0 bridgehead atoms. The minimum Gasteiger partial charge on any atom is -0.381 e. The van der Waals surface area contributed by atoms with E-state index in [0.717, 1.165) is 25.8 Å². The van der Waals surface area contributed by atoms with Gasteiger partial charge in [-0.1, -0.05) is 26.2 Å². The summed E-state index contributed by atoms with van der Waals surface area (Å²) in [6, 6.07) is 0. The van der Waals surface area contributed by atoms with Crippen LogP contribution in [0.1, 0.15) is 45.4 Å². The molecule has 122 valence electrons. The predicted octanol–water partition coefficient (Wildman–Crippen LogP) is 1.39. The van der Waals surface area contributed by atoms with Crippen molar-refractivity contribution in [2.75, 3.05) is 32.9 Å². The summed E-state index contributed by atoms with van der Waals surface area (Å²) < 4.78 is 17.2. The van der Waals surface area contributed by atoms with Crippen molar-refractivity contribution in [1.82, 2.24) is 5.32 Å². The summed E-state index contributed by atoms with van der Waals surface area (Å²) in [7, 11) is 0. The van der Waals surface area contributed by atoms with Gasteiger partial charge in [-0.25, -0.2) is 0 Å². The molecule has 1 unspecified atom stereocenters. The highest BCUT2D eigenvalue weighted by molar-refractivity contribution is 5.77. The molecule has 0 aromatic carbocycles. The summed E-state index contributed by atoms with van der Waals surface area (Å²) in [5.74, 6) is 0.0730. The van der Waals surface area contributed by atoms with E-state index in [1.165, 1.54) is 19.3 Å². The number of unbranched alkanes of at least 4 members (excludes halogenated alkanes) is 3. The molecule has 3 N–H and O–H groups in total. The van der Waals surface area contributed by atoms with Gasteiger partial charge in [-0.15, -0.1) is 0 Å². The molecule has 0 saturated carbocycles. The van der Waals surface area contributed by atoms with Crippen LogP contribution in [0, 0.1) is 0 Å². The van der Waals surface area contributed by atoms with Crippen LogP contribution in [-0.2, 0) is 14.2 Å². The maximum absolute atomic E-state index is 6.01. The molecule has 0 amide bonds. The Morgan fingerprint density at radius 3 is 2.86 bits per heavy atom. The number of rotatable bonds is 7. The third-order valence-electron chi connectivity index (χ3n) is 3.97. The number of aliphatic imine (C=N–C) groups is 1. The molecule has 2 heterocycles. The third kappa shape index (κ3) is 5.45. The highest BCUT2D eigenvalue weighted by Crippen LogP contribution is 2.33. The molecule has 0 aromatic heterocycles. The Bertz CT molecular complexity index is 330. The molecule has 6 heteroatoms. The number of hydrogen-bond acceptors (Lipinski definition) is 4. The van der Waals surface area contributed by atoms with Crippen molar-refractivity contribution < 1.29 is 14.2 Å². The van der Waals surface area contributed by atoms with E-state index in [9.17, 15) is 0 Å². The molecule has 1 spiro atoms. The Labute approximate surface area is 127 Å². The number of nitrogens with one attached hydrogen (secondary N) is 1. The lowest BCUT2D eigenvalue weighted by molar-refractivity contribution is -0.210. The Kier molecular flexibility index (Phi) is 6.73. The molecular formula is C15H29N3O3. The summed E-state index contributed by atoms with van der Waals surface area (Å²) >= 11 is 0. The normalized spacial score (nSPS) is 25.4. The van der Waals surface area contributed by atoms with Crippen LogP contribution in [0.2, 0.25) is 0 Å². The quantitative estimate of drug-likeness (QED) is 0.422. The molecular weight excluding hydrogens is 270 g/mol. The predicted molar refractivity (Wildman–Crippen MR) is 82.2 cm³/mol. The van der Waals surface area contributed by atoms with E-state index in [-0.39, 0.29) is 6.10 Å². The van der Waals surface area contributed by atoms with Crippen LogP contribution < -0.4 is 11.1 Å². The van der Waals surface area contributed by atoms with Gasteiger partial charge in [0.1, 0.15) is 6.10 Å². The first-order valence-electron chi connectivity index (χ1n) is 8.17. The average Bonchev–Trinajstić information content (AvgIpc) is 2.88. The molecule has 0 radical (unpaired) electrons. The highest BCUT2D eigenvalue weighted by atomic mass is 16.7. The lowest BCUT2D eigenvalue weighted by Gasteiger charge is -2.31. The van der Waals surface area contributed by atoms with Crippen molar-refractivity contribution in [2.24, 2.45) is 10.7 Å². The van der Waals surface area contributed by atoms with Crippen molar-refractivity contribution in [3.05, 3.63) is 0 Å². The first-order chi connectivity index (χ1) is 10.2. The van der Waals surface area contributed by atoms with Gasteiger partial charge in [0.05, 0.1) is 26.4 Å². The highest BCUT2D eigenvalue weighted by Gasteiger charge is 2.42. The molecule has 21 heavy (non-hydrogen) atoms. The lowest BCUT2D eigenvalue weighted by atomic mass is 10.1. The fourth-order valence-corrected chi connectivity index (χ4v) is 2.68. The maximum atomic E-state index is 6.01. The molecule has 6 nitrogen and oxygen atoms in total. The van der Waals surface area contributed by atoms with Crippen LogP contribution in [0.4, 0.5) is 0 Å². The first-order valence-corrected chi connectivity index (χ1v) is 8.17. The van der Waals surface area contributed by atoms with E-state index in [1.54, 1.807) is 0 Å². The maximum Gasteiger partial charge on any atom is 0.188 e. The van der Waals surface area contributed by atoms with E-state index in [0.29, 0.717) is 32.3 Å². The zero-order valence-electron chi connectivity index (χ0n) is 13.1. The zero-order chi connectivity index (χ0) is 15.0. The van der Waals surface area contributed by atoms with E-state index in [4.69, 9.17) is 19.9 Å². The topological polar surface area (TPSA) is 78.1 Å². The Balaban J connectivity index is 1.62. The molecule has 2 aliphatic rings. The second-order valence-corrected chi connectivity index (χ2v) is 5.79. The fraction of sp³-hybridized carbons (Fsp3) is 0.933. The monoisotopic (exact) mass is 299 g/mol. The number of ether oxygens (including phenoxy) is 3. The number of nitrogens with zero attached hydrogens (tertiary/aromatic N) is 1. The molecule has 0 aromatic rings. The van der Waals surface area contributed by atoms with Gasteiger partial charge >= 0.3 is 0 Å². The molecule has 2 fully saturated rings. The minimum absolute atomic E-state index is 0.00328. The van der Waals surface area contributed by atoms with Gasteiger partial charge in [0.2, 0.25) is 0 Å². The summed E-state index contributed by atoms with van der Waals surface area (Å²) in [6.45, 7) is 5.65. The Hall–Kier alpha value is -0.850. The second-order valence-electron chi connectivity index (χ2n) is 5.79. The number of guanidine groups is 1. The second kappa shape index (κ2) is 8.56. The van der Waals surface area contributed by atoms with Crippen LogP contribution in [-0.4, -0.2) is 50.8 Å². The summed E-state index contributed by atoms with van der Waals surface area (Å²) in [6.07, 6.45) is 6.50. The van der Waals surface area contributed by atoms with Crippen molar-refractivity contribution in [2.45, 2.75) is 57.3 Å². The summed E-state index contributed by atoms with van der Waals surface area (Å²) in [5.41, 5.74) is 5.86. The van der Waals surface area contributed by atoms with E-state index >= 15 is 0 Å². The van der Waals surface area contributed by atoms with Crippen LogP contribution in [0.15, 0.2) is 4.99 Å². The Morgan fingerprint density at radius 2 is 2.10 bits per heavy atom. The smallest absolute Gasteiger partial charge is 0.188 e. The average molecular weight is 299 g/mol. The molecule has 1 atom stereocenters. The molecule has 2 aliphatic heterocycles. The molecule has 2 saturated heterocycles. The third-order valence-corrected chi connectivity index (χ3v) is 3.97.